The van der Waals surface area contributed by atoms with Gasteiger partial charge in [-0.15, -0.1) is 0 Å². The summed E-state index contributed by atoms with van der Waals surface area (Å²) >= 11 is 0. The molecule has 0 fully saturated rings. The lowest BCUT2D eigenvalue weighted by Crippen LogP contribution is -2.30. The number of carbonyl (C=O) groups excluding carboxylic acids is 1. The summed E-state index contributed by atoms with van der Waals surface area (Å²) in [5.74, 6) is 1.11. The van der Waals surface area contributed by atoms with Gasteiger partial charge in [0.05, 0.1) is 19.1 Å². The van der Waals surface area contributed by atoms with Crippen molar-refractivity contribution in [3.05, 3.63) is 53.6 Å². The van der Waals surface area contributed by atoms with Crippen molar-refractivity contribution in [1.29, 1.82) is 0 Å². The van der Waals surface area contributed by atoms with E-state index >= 15 is 0 Å². The molecule has 1 aliphatic heterocycles. The van der Waals surface area contributed by atoms with Crippen molar-refractivity contribution in [3.8, 4) is 11.5 Å². The predicted octanol–water partition coefficient (Wildman–Crippen LogP) is 3.34. The molecule has 0 saturated carbocycles. The first-order valence-corrected chi connectivity index (χ1v) is 11.6. The standard InChI is InChI=1S/C23H28N2O5S/c1-5-24(6-2)31(27,28)20-10-11-21-18(15-20)13-14-25(21)23(26)12-8-17-7-9-19(29-3)16-22(17)30-4/h7-12,15-16H,5-6,13-14H2,1-4H3/b12-8-. The van der Waals surface area contributed by atoms with Crippen LogP contribution in [-0.4, -0.2) is 52.5 Å². The van der Waals surface area contributed by atoms with E-state index in [2.05, 4.69) is 0 Å². The van der Waals surface area contributed by atoms with Gasteiger partial charge in [0.2, 0.25) is 10.0 Å². The number of amides is 1. The highest BCUT2D eigenvalue weighted by Crippen LogP contribution is 2.32. The Morgan fingerprint density at radius 1 is 1.10 bits per heavy atom. The van der Waals surface area contributed by atoms with Gasteiger partial charge in [-0.2, -0.15) is 4.31 Å². The van der Waals surface area contributed by atoms with E-state index < -0.39 is 10.0 Å². The molecule has 8 heteroatoms. The number of methoxy groups -OCH3 is 2. The third kappa shape index (κ3) is 4.60. The van der Waals surface area contributed by atoms with Crippen LogP contribution in [0.2, 0.25) is 0 Å². The second-order valence-electron chi connectivity index (χ2n) is 7.06. The summed E-state index contributed by atoms with van der Waals surface area (Å²) in [7, 11) is -0.384. The number of nitrogens with zero attached hydrogens (tertiary/aromatic N) is 2. The van der Waals surface area contributed by atoms with Crippen molar-refractivity contribution in [1.82, 2.24) is 4.31 Å². The van der Waals surface area contributed by atoms with Gasteiger partial charge >= 0.3 is 0 Å². The van der Waals surface area contributed by atoms with E-state index in [1.54, 1.807) is 55.5 Å². The molecule has 0 radical (unpaired) electrons. The number of anilines is 1. The van der Waals surface area contributed by atoms with Crippen LogP contribution in [0.3, 0.4) is 0 Å². The molecule has 31 heavy (non-hydrogen) atoms. The largest absolute Gasteiger partial charge is 0.497 e. The van der Waals surface area contributed by atoms with Gasteiger partial charge in [0.15, 0.2) is 0 Å². The number of rotatable bonds is 8. The average molecular weight is 445 g/mol. The molecule has 0 unspecified atom stereocenters. The summed E-state index contributed by atoms with van der Waals surface area (Å²) in [5.41, 5.74) is 2.36. The minimum atomic E-state index is -3.53. The summed E-state index contributed by atoms with van der Waals surface area (Å²) < 4.78 is 37.6. The Morgan fingerprint density at radius 2 is 1.84 bits per heavy atom. The lowest BCUT2D eigenvalue weighted by molar-refractivity contribution is -0.114. The zero-order chi connectivity index (χ0) is 22.6. The summed E-state index contributed by atoms with van der Waals surface area (Å²) in [6.45, 7) is 4.98. The molecule has 0 aromatic heterocycles. The third-order valence-corrected chi connectivity index (χ3v) is 7.45. The van der Waals surface area contributed by atoms with E-state index in [0.717, 1.165) is 16.8 Å². The normalized spacial score (nSPS) is 13.6. The lowest BCUT2D eigenvalue weighted by atomic mass is 10.1. The predicted molar refractivity (Wildman–Crippen MR) is 121 cm³/mol. The van der Waals surface area contributed by atoms with Gasteiger partial charge in [0.25, 0.3) is 5.91 Å². The molecule has 2 aromatic carbocycles. The molecular weight excluding hydrogens is 416 g/mol. The molecule has 1 amide bonds. The Balaban J connectivity index is 1.82. The highest BCUT2D eigenvalue weighted by atomic mass is 32.2. The molecule has 1 aliphatic rings. The van der Waals surface area contributed by atoms with Crippen LogP contribution in [0, 0.1) is 0 Å². The van der Waals surface area contributed by atoms with Crippen LogP contribution >= 0.6 is 0 Å². The van der Waals surface area contributed by atoms with Crippen molar-refractivity contribution < 1.29 is 22.7 Å². The van der Waals surface area contributed by atoms with Gasteiger partial charge in [-0.05, 0) is 48.4 Å². The number of ether oxygens (including phenoxy) is 2. The number of carbonyl (C=O) groups is 1. The average Bonchev–Trinajstić information content (AvgIpc) is 3.21. The van der Waals surface area contributed by atoms with E-state index in [1.807, 2.05) is 19.9 Å². The number of sulfonamides is 1. The minimum absolute atomic E-state index is 0.170. The topological polar surface area (TPSA) is 76.2 Å². The Kier molecular flexibility index (Phi) is 7.02. The van der Waals surface area contributed by atoms with Gasteiger partial charge < -0.3 is 14.4 Å². The molecule has 0 saturated heterocycles. The van der Waals surface area contributed by atoms with Crippen molar-refractivity contribution in [2.75, 3.05) is 38.8 Å². The van der Waals surface area contributed by atoms with Crippen LogP contribution in [0.1, 0.15) is 25.0 Å². The van der Waals surface area contributed by atoms with Crippen LogP contribution in [0.15, 0.2) is 47.4 Å². The Bertz CT molecular complexity index is 1090. The summed E-state index contributed by atoms with van der Waals surface area (Å²) in [5, 5.41) is 0. The van der Waals surface area contributed by atoms with Gasteiger partial charge in [0.1, 0.15) is 11.5 Å². The Labute approximate surface area is 183 Å². The molecule has 0 spiro atoms. The zero-order valence-electron chi connectivity index (χ0n) is 18.3. The number of hydrogen-bond acceptors (Lipinski definition) is 5. The smallest absolute Gasteiger partial charge is 0.251 e. The van der Waals surface area contributed by atoms with E-state index in [-0.39, 0.29) is 10.8 Å². The second kappa shape index (κ2) is 9.53. The van der Waals surface area contributed by atoms with Crippen molar-refractivity contribution in [2.45, 2.75) is 25.2 Å². The first-order valence-electron chi connectivity index (χ1n) is 10.2. The molecule has 0 N–H and O–H groups in total. The van der Waals surface area contributed by atoms with E-state index in [1.165, 1.54) is 10.4 Å². The lowest BCUT2D eigenvalue weighted by Gasteiger charge is -2.19. The Hall–Kier alpha value is -2.84. The van der Waals surface area contributed by atoms with Gasteiger partial charge in [-0.25, -0.2) is 8.42 Å². The van der Waals surface area contributed by atoms with Gasteiger partial charge in [-0.3, -0.25) is 4.79 Å². The van der Waals surface area contributed by atoms with Crippen LogP contribution < -0.4 is 14.4 Å². The quantitative estimate of drug-likeness (QED) is 0.584. The monoisotopic (exact) mass is 444 g/mol. The maximum absolute atomic E-state index is 12.8. The Morgan fingerprint density at radius 3 is 2.48 bits per heavy atom. The number of fused-ring (bicyclic) bond motifs is 1. The van der Waals surface area contributed by atoms with Crippen LogP contribution in [-0.2, 0) is 21.2 Å². The summed E-state index contributed by atoms with van der Waals surface area (Å²) in [6, 6.07) is 10.4. The fourth-order valence-electron chi connectivity index (χ4n) is 3.69. The fourth-order valence-corrected chi connectivity index (χ4v) is 5.20. The van der Waals surface area contributed by atoms with E-state index in [4.69, 9.17) is 9.47 Å². The molecule has 2 aromatic rings. The van der Waals surface area contributed by atoms with E-state index in [0.29, 0.717) is 37.6 Å². The fraction of sp³-hybridized carbons (Fsp3) is 0.348. The third-order valence-electron chi connectivity index (χ3n) is 5.40. The highest BCUT2D eigenvalue weighted by molar-refractivity contribution is 7.89. The molecule has 0 aliphatic carbocycles. The van der Waals surface area contributed by atoms with Crippen molar-refractivity contribution in [2.24, 2.45) is 0 Å². The van der Waals surface area contributed by atoms with Gasteiger partial charge in [-0.1, -0.05) is 13.8 Å². The maximum Gasteiger partial charge on any atom is 0.251 e. The molecular formula is C23H28N2O5S. The van der Waals surface area contributed by atoms with Crippen LogP contribution in [0.5, 0.6) is 11.5 Å². The summed E-state index contributed by atoms with van der Waals surface area (Å²) in [6.07, 6.45) is 3.82. The zero-order valence-corrected chi connectivity index (χ0v) is 19.1. The number of benzene rings is 2. The summed E-state index contributed by atoms with van der Waals surface area (Å²) in [4.78, 5) is 14.8. The highest BCUT2D eigenvalue weighted by Gasteiger charge is 2.27. The maximum atomic E-state index is 12.8. The molecule has 7 nitrogen and oxygen atoms in total. The van der Waals surface area contributed by atoms with Crippen molar-refractivity contribution in [3.63, 3.8) is 0 Å². The molecule has 3 rings (SSSR count). The van der Waals surface area contributed by atoms with Gasteiger partial charge in [0, 0.05) is 43.0 Å². The first kappa shape index (κ1) is 22.8. The minimum Gasteiger partial charge on any atom is -0.497 e. The second-order valence-corrected chi connectivity index (χ2v) is 9.00. The van der Waals surface area contributed by atoms with Crippen molar-refractivity contribution >= 4 is 27.7 Å². The van der Waals surface area contributed by atoms with Crippen LogP contribution in [0.25, 0.3) is 6.08 Å². The molecule has 1 heterocycles. The van der Waals surface area contributed by atoms with Crippen LogP contribution in [0.4, 0.5) is 5.69 Å². The number of hydrogen-bond donors (Lipinski definition) is 0. The SMILES string of the molecule is CCN(CC)S(=O)(=O)c1ccc2c(c1)CCN2C(=O)/C=C\c1ccc(OC)cc1OC. The molecule has 0 atom stereocenters. The molecule has 0 bridgehead atoms. The molecule has 166 valence electrons. The van der Waals surface area contributed by atoms with E-state index in [9.17, 15) is 13.2 Å². The first-order chi connectivity index (χ1) is 14.8.